The number of likely N-dealkylation sites (N-methyl/N-ethyl adjacent to an activating group) is 1. The molecule has 0 spiro atoms. The van der Waals surface area contributed by atoms with E-state index in [0.29, 0.717) is 6.54 Å². The van der Waals surface area contributed by atoms with Gasteiger partial charge in [0.1, 0.15) is 5.75 Å². The van der Waals surface area contributed by atoms with E-state index < -0.39 is 6.43 Å². The predicted molar refractivity (Wildman–Crippen MR) is 53.1 cm³/mol. The van der Waals surface area contributed by atoms with Crippen LogP contribution in [0.2, 0.25) is 0 Å². The second-order valence-electron chi connectivity index (χ2n) is 3.97. The number of phenols is 1. The standard InChI is InChI=1S/C11H13F2NO/c1-14-3-2-7-4-8(11(12)13)5-10(15)9(7)6-14/h4-5,11,15H,2-3,6H2,1H3. The van der Waals surface area contributed by atoms with E-state index in [1.165, 1.54) is 12.1 Å². The summed E-state index contributed by atoms with van der Waals surface area (Å²) in [6.07, 6.45) is -1.79. The number of hydrogen-bond donors (Lipinski definition) is 1. The molecule has 1 N–H and O–H groups in total. The van der Waals surface area contributed by atoms with Crippen LogP contribution in [0.25, 0.3) is 0 Å². The molecule has 0 amide bonds. The molecule has 1 aromatic rings. The highest BCUT2D eigenvalue weighted by Gasteiger charge is 2.19. The first-order chi connectivity index (χ1) is 7.08. The topological polar surface area (TPSA) is 23.5 Å². The van der Waals surface area contributed by atoms with E-state index in [0.717, 1.165) is 24.1 Å². The van der Waals surface area contributed by atoms with Gasteiger partial charge in [0.05, 0.1) is 0 Å². The van der Waals surface area contributed by atoms with Crippen LogP contribution < -0.4 is 0 Å². The molecule has 0 radical (unpaired) electrons. The number of nitrogens with zero attached hydrogens (tertiary/aromatic N) is 1. The third-order valence-electron chi connectivity index (χ3n) is 2.78. The Bertz CT molecular complexity index is 379. The first-order valence-electron chi connectivity index (χ1n) is 4.89. The highest BCUT2D eigenvalue weighted by atomic mass is 19.3. The molecule has 0 saturated carbocycles. The lowest BCUT2D eigenvalue weighted by Gasteiger charge is -2.26. The molecule has 4 heteroatoms. The summed E-state index contributed by atoms with van der Waals surface area (Å²) >= 11 is 0. The maximum Gasteiger partial charge on any atom is 0.263 e. The van der Waals surface area contributed by atoms with Crippen LogP contribution in [-0.2, 0) is 13.0 Å². The van der Waals surface area contributed by atoms with Crippen molar-refractivity contribution in [2.75, 3.05) is 13.6 Å². The van der Waals surface area contributed by atoms with Gasteiger partial charge in [-0.25, -0.2) is 8.78 Å². The van der Waals surface area contributed by atoms with Gasteiger partial charge in [-0.2, -0.15) is 0 Å². The lowest BCUT2D eigenvalue weighted by Crippen LogP contribution is -2.26. The van der Waals surface area contributed by atoms with Crippen LogP contribution in [0.15, 0.2) is 12.1 Å². The molecule has 15 heavy (non-hydrogen) atoms. The predicted octanol–water partition coefficient (Wildman–Crippen LogP) is 2.32. The molecule has 1 aliphatic heterocycles. The molecular formula is C11H13F2NO. The fourth-order valence-electron chi connectivity index (χ4n) is 1.93. The molecular weight excluding hydrogens is 200 g/mol. The number of halogens is 2. The average Bonchev–Trinajstić information content (AvgIpc) is 2.18. The number of phenolic OH excluding ortho intramolecular Hbond substituents is 1. The molecule has 82 valence electrons. The third kappa shape index (κ3) is 1.95. The van der Waals surface area contributed by atoms with Crippen LogP contribution in [0.4, 0.5) is 8.78 Å². The monoisotopic (exact) mass is 213 g/mol. The number of hydrogen-bond acceptors (Lipinski definition) is 2. The summed E-state index contributed by atoms with van der Waals surface area (Å²) in [7, 11) is 1.95. The first kappa shape index (κ1) is 10.4. The van der Waals surface area contributed by atoms with Gasteiger partial charge < -0.3 is 10.0 Å². The van der Waals surface area contributed by atoms with Gasteiger partial charge in [0, 0.05) is 24.2 Å². The summed E-state index contributed by atoms with van der Waals surface area (Å²) in [6, 6.07) is 2.68. The zero-order chi connectivity index (χ0) is 11.0. The molecule has 0 unspecified atom stereocenters. The molecule has 0 aliphatic carbocycles. The number of fused-ring (bicyclic) bond motifs is 1. The first-order valence-corrected chi connectivity index (χ1v) is 4.89. The maximum atomic E-state index is 12.5. The average molecular weight is 213 g/mol. The fourth-order valence-corrected chi connectivity index (χ4v) is 1.93. The van der Waals surface area contributed by atoms with Crippen molar-refractivity contribution in [2.45, 2.75) is 19.4 Å². The summed E-state index contributed by atoms with van der Waals surface area (Å²) in [5, 5.41) is 9.64. The normalized spacial score (nSPS) is 16.8. The number of alkyl halides is 2. The van der Waals surface area contributed by atoms with Crippen molar-refractivity contribution >= 4 is 0 Å². The molecule has 2 nitrogen and oxygen atoms in total. The van der Waals surface area contributed by atoms with E-state index in [9.17, 15) is 13.9 Å². The van der Waals surface area contributed by atoms with Crippen LogP contribution in [0.5, 0.6) is 5.75 Å². The quantitative estimate of drug-likeness (QED) is 0.773. The van der Waals surface area contributed by atoms with Crippen molar-refractivity contribution in [2.24, 2.45) is 0 Å². The van der Waals surface area contributed by atoms with E-state index >= 15 is 0 Å². The van der Waals surface area contributed by atoms with Gasteiger partial charge in [0.15, 0.2) is 0 Å². The van der Waals surface area contributed by atoms with Crippen LogP contribution in [0, 0.1) is 0 Å². The highest BCUT2D eigenvalue weighted by Crippen LogP contribution is 2.32. The second-order valence-corrected chi connectivity index (χ2v) is 3.97. The van der Waals surface area contributed by atoms with E-state index in [-0.39, 0.29) is 11.3 Å². The van der Waals surface area contributed by atoms with Crippen molar-refractivity contribution in [3.05, 3.63) is 28.8 Å². The molecule has 0 saturated heterocycles. The Balaban J connectivity index is 2.43. The van der Waals surface area contributed by atoms with Crippen molar-refractivity contribution in [3.8, 4) is 5.75 Å². The molecule has 0 bridgehead atoms. The zero-order valence-electron chi connectivity index (χ0n) is 8.50. The van der Waals surface area contributed by atoms with Crippen molar-refractivity contribution < 1.29 is 13.9 Å². The summed E-state index contributed by atoms with van der Waals surface area (Å²) in [5.74, 6) is -0.00523. The fraction of sp³-hybridized carbons (Fsp3) is 0.455. The van der Waals surface area contributed by atoms with E-state index in [1.54, 1.807) is 0 Å². The highest BCUT2D eigenvalue weighted by molar-refractivity contribution is 5.44. The van der Waals surface area contributed by atoms with Crippen LogP contribution in [0.1, 0.15) is 23.1 Å². The Morgan fingerprint density at radius 2 is 2.13 bits per heavy atom. The van der Waals surface area contributed by atoms with Crippen molar-refractivity contribution in [1.82, 2.24) is 4.90 Å². The van der Waals surface area contributed by atoms with E-state index in [2.05, 4.69) is 4.90 Å². The Morgan fingerprint density at radius 1 is 1.40 bits per heavy atom. The summed E-state index contributed by atoms with van der Waals surface area (Å²) in [6.45, 7) is 1.48. The van der Waals surface area contributed by atoms with Gasteiger partial charge in [-0.05, 0) is 31.2 Å². The van der Waals surface area contributed by atoms with E-state index in [1.807, 2.05) is 7.05 Å². The lowest BCUT2D eigenvalue weighted by atomic mass is 9.96. The molecule has 0 atom stereocenters. The molecule has 1 heterocycles. The minimum Gasteiger partial charge on any atom is -0.508 e. The third-order valence-corrected chi connectivity index (χ3v) is 2.78. The summed E-state index contributed by atoms with van der Waals surface area (Å²) in [4.78, 5) is 2.06. The number of aromatic hydroxyl groups is 1. The SMILES string of the molecule is CN1CCc2cc(C(F)F)cc(O)c2C1. The smallest absolute Gasteiger partial charge is 0.263 e. The van der Waals surface area contributed by atoms with Crippen LogP contribution in [0.3, 0.4) is 0 Å². The van der Waals surface area contributed by atoms with Crippen LogP contribution in [-0.4, -0.2) is 23.6 Å². The molecule has 1 aromatic carbocycles. The van der Waals surface area contributed by atoms with Gasteiger partial charge >= 0.3 is 0 Å². The van der Waals surface area contributed by atoms with Crippen molar-refractivity contribution in [1.29, 1.82) is 0 Å². The Morgan fingerprint density at radius 3 is 2.80 bits per heavy atom. The van der Waals surface area contributed by atoms with E-state index in [4.69, 9.17) is 0 Å². The lowest BCUT2D eigenvalue weighted by molar-refractivity contribution is 0.150. The Hall–Kier alpha value is -1.16. The maximum absolute atomic E-state index is 12.5. The largest absolute Gasteiger partial charge is 0.508 e. The van der Waals surface area contributed by atoms with Crippen LogP contribution >= 0.6 is 0 Å². The summed E-state index contributed by atoms with van der Waals surface area (Å²) < 4.78 is 24.9. The van der Waals surface area contributed by atoms with Gasteiger partial charge in [-0.1, -0.05) is 0 Å². The zero-order valence-corrected chi connectivity index (χ0v) is 8.50. The van der Waals surface area contributed by atoms with Gasteiger partial charge in [0.2, 0.25) is 0 Å². The van der Waals surface area contributed by atoms with Gasteiger partial charge in [-0.3, -0.25) is 0 Å². The molecule has 0 aromatic heterocycles. The minimum atomic E-state index is -2.51. The number of rotatable bonds is 1. The Labute approximate surface area is 87.1 Å². The van der Waals surface area contributed by atoms with Gasteiger partial charge in [-0.15, -0.1) is 0 Å². The Kier molecular flexibility index (Phi) is 2.61. The number of benzene rings is 1. The van der Waals surface area contributed by atoms with Gasteiger partial charge in [0.25, 0.3) is 6.43 Å². The molecule has 0 fully saturated rings. The second kappa shape index (κ2) is 3.77. The minimum absolute atomic E-state index is 0.00523. The molecule has 2 rings (SSSR count). The summed E-state index contributed by atoms with van der Waals surface area (Å²) in [5.41, 5.74) is 1.55. The molecule has 1 aliphatic rings. The van der Waals surface area contributed by atoms with Crippen molar-refractivity contribution in [3.63, 3.8) is 0 Å².